The predicted molar refractivity (Wildman–Crippen MR) is 109 cm³/mol. The minimum Gasteiger partial charge on any atom is -0.456 e. The summed E-state index contributed by atoms with van der Waals surface area (Å²) in [6.07, 6.45) is 7.63. The van der Waals surface area contributed by atoms with Gasteiger partial charge in [0.05, 0.1) is 11.8 Å². The van der Waals surface area contributed by atoms with Crippen LogP contribution in [0.2, 0.25) is 0 Å². The van der Waals surface area contributed by atoms with Crippen LogP contribution in [0.5, 0.6) is 0 Å². The van der Waals surface area contributed by atoms with Gasteiger partial charge in [-0.1, -0.05) is 19.8 Å². The van der Waals surface area contributed by atoms with Gasteiger partial charge in [-0.05, 0) is 37.7 Å². The van der Waals surface area contributed by atoms with E-state index in [1.807, 2.05) is 0 Å². The van der Waals surface area contributed by atoms with Crippen molar-refractivity contribution in [2.24, 2.45) is 0 Å². The minimum atomic E-state index is -0.475. The Morgan fingerprint density at radius 3 is 2.89 bits per heavy atom. The number of aromatic amines is 1. The topological polar surface area (TPSA) is 101 Å². The number of esters is 1. The summed E-state index contributed by atoms with van der Waals surface area (Å²) in [5, 5.41) is 3.44. The van der Waals surface area contributed by atoms with E-state index in [9.17, 15) is 14.4 Å². The van der Waals surface area contributed by atoms with E-state index in [0.29, 0.717) is 17.8 Å². The number of unbranched alkanes of at least 4 members (excludes halogenated alkanes) is 2. The maximum Gasteiger partial charge on any atom is 0.306 e. The van der Waals surface area contributed by atoms with Crippen molar-refractivity contribution in [3.8, 4) is 0 Å². The maximum absolute atomic E-state index is 12.5. The number of amides is 1. The van der Waals surface area contributed by atoms with Crippen molar-refractivity contribution < 1.29 is 14.3 Å². The number of aromatic nitrogens is 2. The molecule has 1 amide bonds. The Morgan fingerprint density at radius 1 is 1.25 bits per heavy atom. The quantitative estimate of drug-likeness (QED) is 0.493. The summed E-state index contributed by atoms with van der Waals surface area (Å²) in [7, 11) is 0. The van der Waals surface area contributed by atoms with Crippen molar-refractivity contribution >= 4 is 33.4 Å². The van der Waals surface area contributed by atoms with Crippen molar-refractivity contribution in [2.75, 3.05) is 13.2 Å². The zero-order valence-corrected chi connectivity index (χ0v) is 17.1. The fourth-order valence-corrected chi connectivity index (χ4v) is 4.70. The molecule has 0 atom stereocenters. The molecule has 7 nitrogen and oxygen atoms in total. The van der Waals surface area contributed by atoms with E-state index in [1.54, 1.807) is 11.3 Å². The summed E-state index contributed by atoms with van der Waals surface area (Å²) in [4.78, 5) is 45.4. The van der Waals surface area contributed by atoms with Gasteiger partial charge in [0, 0.05) is 17.8 Å². The van der Waals surface area contributed by atoms with Crippen LogP contribution in [0.4, 0.5) is 0 Å². The van der Waals surface area contributed by atoms with Gasteiger partial charge in [0.15, 0.2) is 6.61 Å². The lowest BCUT2D eigenvalue weighted by Gasteiger charge is -2.09. The number of nitrogens with zero attached hydrogens (tertiary/aromatic N) is 1. The van der Waals surface area contributed by atoms with Gasteiger partial charge in [0.2, 0.25) is 0 Å². The van der Waals surface area contributed by atoms with E-state index in [2.05, 4.69) is 22.2 Å². The monoisotopic (exact) mass is 405 g/mol. The van der Waals surface area contributed by atoms with Crippen molar-refractivity contribution in [2.45, 2.75) is 64.7 Å². The summed E-state index contributed by atoms with van der Waals surface area (Å²) < 4.78 is 5.00. The molecule has 0 unspecified atom stereocenters. The lowest BCUT2D eigenvalue weighted by Crippen LogP contribution is -2.29. The second-order valence-electron chi connectivity index (χ2n) is 7.12. The van der Waals surface area contributed by atoms with Crippen molar-refractivity contribution in [3.05, 3.63) is 26.6 Å². The Balaban J connectivity index is 1.50. The molecule has 8 heteroatoms. The molecular formula is C20H27N3O4S. The molecule has 1 aliphatic carbocycles. The molecule has 0 radical (unpaired) electrons. The van der Waals surface area contributed by atoms with Crippen LogP contribution in [0.3, 0.4) is 0 Å². The zero-order valence-electron chi connectivity index (χ0n) is 16.3. The van der Waals surface area contributed by atoms with Crippen LogP contribution in [-0.4, -0.2) is 35.0 Å². The molecule has 2 heterocycles. The van der Waals surface area contributed by atoms with Crippen LogP contribution in [0.1, 0.15) is 61.7 Å². The third kappa shape index (κ3) is 5.19. The normalized spacial score (nSPS) is 13.3. The molecule has 152 valence electrons. The van der Waals surface area contributed by atoms with E-state index in [0.717, 1.165) is 55.3 Å². The van der Waals surface area contributed by atoms with Gasteiger partial charge in [-0.2, -0.15) is 0 Å². The Kier molecular flexibility index (Phi) is 7.19. The average Bonchev–Trinajstić information content (AvgIpc) is 3.07. The first-order chi connectivity index (χ1) is 13.6. The van der Waals surface area contributed by atoms with E-state index in [1.165, 1.54) is 4.88 Å². The number of H-pyrrole nitrogens is 1. The molecule has 2 N–H and O–H groups in total. The van der Waals surface area contributed by atoms with Crippen molar-refractivity contribution in [1.82, 2.24) is 15.3 Å². The number of thiophene rings is 1. The summed E-state index contributed by atoms with van der Waals surface area (Å²) in [5.74, 6) is -0.282. The van der Waals surface area contributed by atoms with Gasteiger partial charge in [-0.25, -0.2) is 4.98 Å². The van der Waals surface area contributed by atoms with Crippen LogP contribution < -0.4 is 10.9 Å². The summed E-state index contributed by atoms with van der Waals surface area (Å²) in [5.41, 5.74) is 1.02. The number of fused-ring (bicyclic) bond motifs is 3. The maximum atomic E-state index is 12.5. The Hall–Kier alpha value is -2.22. The van der Waals surface area contributed by atoms with E-state index in [4.69, 9.17) is 4.74 Å². The average molecular weight is 406 g/mol. The zero-order chi connectivity index (χ0) is 19.9. The number of nitrogens with one attached hydrogen (secondary N) is 2. The second-order valence-corrected chi connectivity index (χ2v) is 8.21. The fraction of sp³-hybridized carbons (Fsp3) is 0.600. The summed E-state index contributed by atoms with van der Waals surface area (Å²) in [6, 6.07) is 0. The highest BCUT2D eigenvalue weighted by Crippen LogP contribution is 2.33. The molecule has 0 aliphatic heterocycles. The van der Waals surface area contributed by atoms with Gasteiger partial charge in [0.1, 0.15) is 10.7 Å². The first-order valence-electron chi connectivity index (χ1n) is 10.0. The molecule has 0 aromatic carbocycles. The number of carbonyl (C=O) groups excluding carboxylic acids is 2. The van der Waals surface area contributed by atoms with Gasteiger partial charge in [-0.15, -0.1) is 11.3 Å². The van der Waals surface area contributed by atoms with Gasteiger partial charge < -0.3 is 15.0 Å². The number of hydrogen-bond acceptors (Lipinski definition) is 6. The first kappa shape index (κ1) is 20.5. The summed E-state index contributed by atoms with van der Waals surface area (Å²) >= 11 is 1.59. The third-order valence-corrected chi connectivity index (χ3v) is 6.09. The molecular weight excluding hydrogens is 378 g/mol. The Bertz CT molecular complexity index is 903. The Morgan fingerprint density at radius 2 is 2.07 bits per heavy atom. The highest BCUT2D eigenvalue weighted by molar-refractivity contribution is 7.18. The fourth-order valence-electron chi connectivity index (χ4n) is 3.42. The molecule has 0 saturated heterocycles. The van der Waals surface area contributed by atoms with Crippen LogP contribution in [-0.2, 0) is 33.6 Å². The smallest absolute Gasteiger partial charge is 0.306 e. The highest BCUT2D eigenvalue weighted by Gasteiger charge is 2.20. The number of hydrogen-bond donors (Lipinski definition) is 2. The lowest BCUT2D eigenvalue weighted by atomic mass is 9.97. The standard InChI is InChI=1S/C20H27N3O4S/c1-2-3-6-11-21-16(24)12-27-17(25)10-9-15-22-19(26)18-13-7-4-5-8-14(13)28-20(18)23-15/h2-12H2,1H3,(H,21,24)(H,22,23,26). The lowest BCUT2D eigenvalue weighted by molar-refractivity contribution is -0.148. The summed E-state index contributed by atoms with van der Waals surface area (Å²) in [6.45, 7) is 2.42. The van der Waals surface area contributed by atoms with E-state index < -0.39 is 5.97 Å². The molecule has 0 spiro atoms. The molecule has 2 aromatic heterocycles. The number of carbonyl (C=O) groups is 2. The number of rotatable bonds is 9. The van der Waals surface area contributed by atoms with Gasteiger partial charge in [0.25, 0.3) is 11.5 Å². The minimum absolute atomic E-state index is 0.0721. The van der Waals surface area contributed by atoms with Crippen LogP contribution in [0.15, 0.2) is 4.79 Å². The molecule has 28 heavy (non-hydrogen) atoms. The molecule has 3 rings (SSSR count). The Labute approximate surface area is 167 Å². The van der Waals surface area contributed by atoms with E-state index >= 15 is 0 Å². The first-order valence-corrected chi connectivity index (χ1v) is 10.9. The van der Waals surface area contributed by atoms with E-state index in [-0.39, 0.29) is 30.9 Å². The largest absolute Gasteiger partial charge is 0.456 e. The van der Waals surface area contributed by atoms with Crippen molar-refractivity contribution in [1.29, 1.82) is 0 Å². The van der Waals surface area contributed by atoms with Gasteiger partial charge >= 0.3 is 5.97 Å². The van der Waals surface area contributed by atoms with Crippen LogP contribution in [0.25, 0.3) is 10.2 Å². The SMILES string of the molecule is CCCCCNC(=O)COC(=O)CCc1nc2sc3c(c2c(=O)[nH]1)CCCC3. The molecule has 2 aromatic rings. The second kappa shape index (κ2) is 9.82. The van der Waals surface area contributed by atoms with Crippen LogP contribution >= 0.6 is 11.3 Å². The number of ether oxygens (including phenoxy) is 1. The van der Waals surface area contributed by atoms with Gasteiger partial charge in [-0.3, -0.25) is 14.4 Å². The third-order valence-electron chi connectivity index (χ3n) is 4.91. The van der Waals surface area contributed by atoms with Crippen LogP contribution in [0, 0.1) is 0 Å². The number of aryl methyl sites for hydroxylation is 3. The molecule has 0 saturated carbocycles. The highest BCUT2D eigenvalue weighted by atomic mass is 32.1. The molecule has 1 aliphatic rings. The molecule has 0 bridgehead atoms. The predicted octanol–water partition coefficient (Wildman–Crippen LogP) is 2.65. The van der Waals surface area contributed by atoms with Crippen molar-refractivity contribution in [3.63, 3.8) is 0 Å². The molecule has 0 fully saturated rings.